The van der Waals surface area contributed by atoms with Crippen LogP contribution in [0, 0.1) is 6.92 Å². The summed E-state index contributed by atoms with van der Waals surface area (Å²) in [6, 6.07) is 13.3. The van der Waals surface area contributed by atoms with E-state index in [0.717, 1.165) is 5.56 Å². The Morgan fingerprint density at radius 3 is 2.45 bits per heavy atom. The minimum atomic E-state index is -1.53. The third-order valence-corrected chi connectivity index (χ3v) is 4.72. The largest absolute Gasteiger partial charge is 0.438 e. The zero-order valence-corrected chi connectivity index (χ0v) is 17.0. The van der Waals surface area contributed by atoms with Gasteiger partial charge >= 0.3 is 0 Å². The molecular formula is C21H22ClN3O4. The number of aliphatic hydroxyl groups excluding tert-OH is 1. The number of hydrogen-bond acceptors (Lipinski definition) is 5. The van der Waals surface area contributed by atoms with Crippen LogP contribution in [0.1, 0.15) is 46.4 Å². The molecule has 0 saturated carbocycles. The predicted octanol–water partition coefficient (Wildman–Crippen LogP) is 3.65. The van der Waals surface area contributed by atoms with Crippen LogP contribution in [0.25, 0.3) is 0 Å². The molecule has 0 aliphatic carbocycles. The fourth-order valence-corrected chi connectivity index (χ4v) is 3.15. The van der Waals surface area contributed by atoms with Crippen molar-refractivity contribution in [2.75, 3.05) is 0 Å². The number of carbonyl (C=O) groups is 1. The third-order valence-electron chi connectivity index (χ3n) is 4.49. The van der Waals surface area contributed by atoms with Crippen LogP contribution in [0.15, 0.2) is 48.5 Å². The topological polar surface area (TPSA) is 96.6 Å². The molecule has 1 atom stereocenters. The third kappa shape index (κ3) is 4.76. The van der Waals surface area contributed by atoms with Gasteiger partial charge in [0.25, 0.3) is 5.91 Å². The second kappa shape index (κ2) is 8.65. The highest BCUT2D eigenvalue weighted by molar-refractivity contribution is 6.30. The molecule has 1 amide bonds. The molecule has 0 aliphatic rings. The highest BCUT2D eigenvalue weighted by Gasteiger charge is 2.24. The van der Waals surface area contributed by atoms with Crippen LogP contribution in [-0.2, 0) is 7.05 Å². The number of carbonyl (C=O) groups excluding carboxylic acids is 1. The number of nitrogens with one attached hydrogen (secondary N) is 1. The van der Waals surface area contributed by atoms with E-state index >= 15 is 0 Å². The van der Waals surface area contributed by atoms with Gasteiger partial charge in [-0.3, -0.25) is 4.79 Å². The van der Waals surface area contributed by atoms with E-state index < -0.39 is 6.29 Å². The summed E-state index contributed by atoms with van der Waals surface area (Å²) in [4.78, 5) is 13.0. The maximum Gasteiger partial charge on any atom is 0.259 e. The second-order valence-electron chi connectivity index (χ2n) is 6.68. The molecular weight excluding hydrogens is 394 g/mol. The Kier molecular flexibility index (Phi) is 6.22. The fraction of sp³-hybridized carbons (Fsp3) is 0.238. The quantitative estimate of drug-likeness (QED) is 0.534. The normalized spacial score (nSPS) is 12.1. The van der Waals surface area contributed by atoms with E-state index in [4.69, 9.17) is 16.3 Å². The van der Waals surface area contributed by atoms with Crippen molar-refractivity contribution in [2.24, 2.45) is 7.05 Å². The van der Waals surface area contributed by atoms with E-state index in [9.17, 15) is 15.0 Å². The number of aryl methyl sites for hydroxylation is 2. The zero-order chi connectivity index (χ0) is 21.1. The molecule has 3 aromatic rings. The maximum atomic E-state index is 13.0. The first-order valence-electron chi connectivity index (χ1n) is 9.00. The molecule has 7 nitrogen and oxygen atoms in total. The summed E-state index contributed by atoms with van der Waals surface area (Å²) in [5.74, 6) is 0.486. The number of aliphatic hydroxyl groups is 2. The summed E-state index contributed by atoms with van der Waals surface area (Å²) >= 11 is 6.01. The van der Waals surface area contributed by atoms with Gasteiger partial charge < -0.3 is 20.3 Å². The number of benzene rings is 2. The van der Waals surface area contributed by atoms with Gasteiger partial charge in [0.05, 0.1) is 11.7 Å². The SMILES string of the molecule is Cc1nn(C)c(Oc2cccc(Cl)c2)c1C(=O)NC(C)c1ccc(C(O)O)cc1. The lowest BCUT2D eigenvalue weighted by Crippen LogP contribution is -2.27. The van der Waals surface area contributed by atoms with Gasteiger partial charge in [-0.15, -0.1) is 0 Å². The summed E-state index contributed by atoms with van der Waals surface area (Å²) in [6.07, 6.45) is -1.53. The Morgan fingerprint density at radius 1 is 1.17 bits per heavy atom. The average molecular weight is 416 g/mol. The van der Waals surface area contributed by atoms with Crippen molar-refractivity contribution >= 4 is 17.5 Å². The summed E-state index contributed by atoms with van der Waals surface area (Å²) in [5.41, 5.74) is 2.07. The first-order chi connectivity index (χ1) is 13.8. The lowest BCUT2D eigenvalue weighted by Gasteiger charge is -2.16. The highest BCUT2D eigenvalue weighted by atomic mass is 35.5. The van der Waals surface area contributed by atoms with Gasteiger partial charge in [0, 0.05) is 17.6 Å². The molecule has 8 heteroatoms. The van der Waals surface area contributed by atoms with Gasteiger partial charge in [0.1, 0.15) is 11.3 Å². The Balaban J connectivity index is 1.81. The fourth-order valence-electron chi connectivity index (χ4n) is 2.97. The summed E-state index contributed by atoms with van der Waals surface area (Å²) in [6.45, 7) is 3.58. The molecule has 1 heterocycles. The minimum Gasteiger partial charge on any atom is -0.438 e. The van der Waals surface area contributed by atoms with Crippen LogP contribution < -0.4 is 10.1 Å². The molecule has 152 valence electrons. The molecule has 0 bridgehead atoms. The van der Waals surface area contributed by atoms with E-state index in [0.29, 0.717) is 33.5 Å². The van der Waals surface area contributed by atoms with E-state index in [2.05, 4.69) is 10.4 Å². The van der Waals surface area contributed by atoms with Gasteiger partial charge in [-0.25, -0.2) is 4.68 Å². The van der Waals surface area contributed by atoms with Crippen molar-refractivity contribution in [1.82, 2.24) is 15.1 Å². The summed E-state index contributed by atoms with van der Waals surface area (Å²) < 4.78 is 7.40. The Bertz CT molecular complexity index is 1020. The predicted molar refractivity (Wildman–Crippen MR) is 109 cm³/mol. The van der Waals surface area contributed by atoms with Gasteiger partial charge in [-0.05, 0) is 37.6 Å². The van der Waals surface area contributed by atoms with Gasteiger partial charge in [-0.1, -0.05) is 41.9 Å². The van der Waals surface area contributed by atoms with Gasteiger partial charge in [0.2, 0.25) is 5.88 Å². The monoisotopic (exact) mass is 415 g/mol. The molecule has 0 saturated heterocycles. The van der Waals surface area contributed by atoms with E-state index in [1.54, 1.807) is 62.5 Å². The molecule has 0 radical (unpaired) electrons. The molecule has 0 spiro atoms. The molecule has 3 N–H and O–H groups in total. The summed E-state index contributed by atoms with van der Waals surface area (Å²) in [7, 11) is 1.70. The molecule has 2 aromatic carbocycles. The lowest BCUT2D eigenvalue weighted by molar-refractivity contribution is -0.0425. The maximum absolute atomic E-state index is 13.0. The van der Waals surface area contributed by atoms with Crippen molar-refractivity contribution < 1.29 is 19.7 Å². The van der Waals surface area contributed by atoms with Crippen molar-refractivity contribution in [2.45, 2.75) is 26.2 Å². The van der Waals surface area contributed by atoms with E-state index in [-0.39, 0.29) is 11.9 Å². The lowest BCUT2D eigenvalue weighted by atomic mass is 10.1. The molecule has 0 fully saturated rings. The number of amides is 1. The molecule has 0 aliphatic heterocycles. The number of rotatable bonds is 6. The first kappa shape index (κ1) is 20.9. The van der Waals surface area contributed by atoms with E-state index in [1.807, 2.05) is 6.92 Å². The molecule has 3 rings (SSSR count). The second-order valence-corrected chi connectivity index (χ2v) is 7.12. The smallest absolute Gasteiger partial charge is 0.259 e. The number of hydrogen-bond donors (Lipinski definition) is 3. The summed E-state index contributed by atoms with van der Waals surface area (Å²) in [5, 5.41) is 26.2. The van der Waals surface area contributed by atoms with Crippen molar-refractivity contribution in [3.8, 4) is 11.6 Å². The van der Waals surface area contributed by atoms with Crippen LogP contribution in [0.3, 0.4) is 0 Å². The number of aromatic nitrogens is 2. The van der Waals surface area contributed by atoms with Crippen molar-refractivity contribution in [3.63, 3.8) is 0 Å². The van der Waals surface area contributed by atoms with E-state index in [1.165, 1.54) is 4.68 Å². The highest BCUT2D eigenvalue weighted by Crippen LogP contribution is 2.29. The van der Waals surface area contributed by atoms with Crippen molar-refractivity contribution in [3.05, 3.63) is 75.9 Å². The molecule has 29 heavy (non-hydrogen) atoms. The zero-order valence-electron chi connectivity index (χ0n) is 16.3. The Labute approximate surface area is 173 Å². The number of halogens is 1. The number of nitrogens with zero attached hydrogens (tertiary/aromatic N) is 2. The van der Waals surface area contributed by atoms with Gasteiger partial charge in [-0.2, -0.15) is 5.10 Å². The Morgan fingerprint density at radius 2 is 1.83 bits per heavy atom. The van der Waals surface area contributed by atoms with Crippen LogP contribution in [0.5, 0.6) is 11.6 Å². The molecule has 1 aromatic heterocycles. The number of ether oxygens (including phenoxy) is 1. The first-order valence-corrected chi connectivity index (χ1v) is 9.38. The average Bonchev–Trinajstić information content (AvgIpc) is 2.95. The molecule has 1 unspecified atom stereocenters. The minimum absolute atomic E-state index is 0.313. The van der Waals surface area contributed by atoms with Crippen LogP contribution >= 0.6 is 11.6 Å². The van der Waals surface area contributed by atoms with Crippen LogP contribution in [0.2, 0.25) is 5.02 Å². The van der Waals surface area contributed by atoms with Crippen molar-refractivity contribution in [1.29, 1.82) is 0 Å². The van der Waals surface area contributed by atoms with Crippen LogP contribution in [0.4, 0.5) is 0 Å². The standard InChI is InChI=1S/C21H22ClN3O4/c1-12(14-7-9-15(10-8-14)21(27)28)23-19(26)18-13(2)24-25(3)20(18)29-17-6-4-5-16(22)11-17/h4-12,21,27-28H,1-3H3,(H,23,26). The van der Waals surface area contributed by atoms with Gasteiger partial charge in [0.15, 0.2) is 6.29 Å². The van der Waals surface area contributed by atoms with Crippen LogP contribution in [-0.4, -0.2) is 25.9 Å². The Hall–Kier alpha value is -2.87.